The lowest BCUT2D eigenvalue weighted by molar-refractivity contribution is 0.0803. The van der Waals surface area contributed by atoms with Gasteiger partial charge in [-0.25, -0.2) is 4.79 Å². The van der Waals surface area contributed by atoms with E-state index in [0.29, 0.717) is 6.61 Å². The van der Waals surface area contributed by atoms with Gasteiger partial charge in [-0.3, -0.25) is 0 Å². The number of piperazine rings is 1. The highest BCUT2D eigenvalue weighted by Gasteiger charge is 2.23. The first-order valence-electron chi connectivity index (χ1n) is 5.39. The normalized spacial score (nSPS) is 22.1. The Balaban J connectivity index is 2.27. The second-order valence-electron chi connectivity index (χ2n) is 3.71. The predicted octanol–water partition coefficient (Wildman–Crippen LogP) is 1.22. The van der Waals surface area contributed by atoms with Crippen LogP contribution in [0, 0.1) is 0 Å². The molecule has 1 aliphatic rings. The first kappa shape index (κ1) is 11.3. The third-order valence-electron chi connectivity index (χ3n) is 2.46. The summed E-state index contributed by atoms with van der Waals surface area (Å²) in [5.41, 5.74) is 0. The standard InChI is InChI=1S/C10H20N2O2/c1-3-4-7-14-10(13)12-6-5-11-8-9(12)2/h9,11H,3-8H2,1-2H3/t9-/m1/s1. The molecule has 0 bridgehead atoms. The minimum atomic E-state index is -0.160. The zero-order valence-electron chi connectivity index (χ0n) is 9.08. The van der Waals surface area contributed by atoms with Crippen LogP contribution in [0.4, 0.5) is 4.79 Å². The molecule has 4 nitrogen and oxygen atoms in total. The molecule has 14 heavy (non-hydrogen) atoms. The van der Waals surface area contributed by atoms with Crippen LogP contribution in [-0.2, 0) is 4.74 Å². The molecule has 1 aliphatic heterocycles. The number of ether oxygens (including phenoxy) is 1. The summed E-state index contributed by atoms with van der Waals surface area (Å²) < 4.78 is 5.15. The van der Waals surface area contributed by atoms with Crippen LogP contribution in [-0.4, -0.2) is 43.3 Å². The molecule has 82 valence electrons. The van der Waals surface area contributed by atoms with Crippen LogP contribution in [0.5, 0.6) is 0 Å². The van der Waals surface area contributed by atoms with Crippen molar-refractivity contribution in [3.05, 3.63) is 0 Å². The van der Waals surface area contributed by atoms with Crippen molar-refractivity contribution in [2.75, 3.05) is 26.2 Å². The lowest BCUT2D eigenvalue weighted by atomic mass is 10.2. The second kappa shape index (κ2) is 5.86. The molecule has 0 radical (unpaired) electrons. The minimum Gasteiger partial charge on any atom is -0.449 e. The van der Waals surface area contributed by atoms with Crippen molar-refractivity contribution in [3.8, 4) is 0 Å². The summed E-state index contributed by atoms with van der Waals surface area (Å²) >= 11 is 0. The van der Waals surface area contributed by atoms with E-state index >= 15 is 0 Å². The van der Waals surface area contributed by atoms with Gasteiger partial charge in [0.05, 0.1) is 6.61 Å². The summed E-state index contributed by atoms with van der Waals surface area (Å²) in [5, 5.41) is 3.24. The summed E-state index contributed by atoms with van der Waals surface area (Å²) in [6, 6.07) is 0.248. The molecule has 0 aromatic rings. The maximum absolute atomic E-state index is 11.6. The molecule has 1 amide bonds. The zero-order chi connectivity index (χ0) is 10.4. The van der Waals surface area contributed by atoms with E-state index in [1.807, 2.05) is 6.92 Å². The molecule has 4 heteroatoms. The summed E-state index contributed by atoms with van der Waals surface area (Å²) in [4.78, 5) is 13.4. The smallest absolute Gasteiger partial charge is 0.410 e. The number of amides is 1. The Labute approximate surface area is 85.6 Å². The molecule has 1 atom stereocenters. The fourth-order valence-corrected chi connectivity index (χ4v) is 1.50. The largest absolute Gasteiger partial charge is 0.449 e. The number of hydrogen-bond acceptors (Lipinski definition) is 3. The third kappa shape index (κ3) is 3.18. The molecule has 0 unspecified atom stereocenters. The van der Waals surface area contributed by atoms with E-state index in [9.17, 15) is 4.79 Å². The average molecular weight is 200 g/mol. The van der Waals surface area contributed by atoms with Crippen LogP contribution in [0.15, 0.2) is 0 Å². The lowest BCUT2D eigenvalue weighted by Crippen LogP contribution is -2.52. The average Bonchev–Trinajstić information content (AvgIpc) is 2.18. The summed E-state index contributed by atoms with van der Waals surface area (Å²) in [5.74, 6) is 0. The van der Waals surface area contributed by atoms with Crippen LogP contribution < -0.4 is 5.32 Å². The topological polar surface area (TPSA) is 41.6 Å². The Morgan fingerprint density at radius 2 is 2.43 bits per heavy atom. The Morgan fingerprint density at radius 1 is 1.64 bits per heavy atom. The van der Waals surface area contributed by atoms with Gasteiger partial charge in [0.15, 0.2) is 0 Å². The first-order chi connectivity index (χ1) is 6.75. The highest BCUT2D eigenvalue weighted by molar-refractivity contribution is 5.68. The molecule has 1 fully saturated rings. The van der Waals surface area contributed by atoms with Crippen molar-refractivity contribution in [3.63, 3.8) is 0 Å². The van der Waals surface area contributed by atoms with E-state index in [4.69, 9.17) is 4.74 Å². The molecule has 0 saturated carbocycles. The zero-order valence-corrected chi connectivity index (χ0v) is 9.08. The molecular formula is C10H20N2O2. The van der Waals surface area contributed by atoms with Crippen molar-refractivity contribution in [1.82, 2.24) is 10.2 Å². The van der Waals surface area contributed by atoms with Gasteiger partial charge >= 0.3 is 6.09 Å². The summed E-state index contributed by atoms with van der Waals surface area (Å²) in [7, 11) is 0. The number of carbonyl (C=O) groups is 1. The molecule has 1 saturated heterocycles. The van der Waals surface area contributed by atoms with Crippen LogP contribution in [0.1, 0.15) is 26.7 Å². The third-order valence-corrected chi connectivity index (χ3v) is 2.46. The van der Waals surface area contributed by atoms with Crippen molar-refractivity contribution >= 4 is 6.09 Å². The van der Waals surface area contributed by atoms with Crippen LogP contribution in [0.25, 0.3) is 0 Å². The molecule has 1 N–H and O–H groups in total. The monoisotopic (exact) mass is 200 g/mol. The quantitative estimate of drug-likeness (QED) is 0.696. The van der Waals surface area contributed by atoms with E-state index < -0.39 is 0 Å². The number of hydrogen-bond donors (Lipinski definition) is 1. The lowest BCUT2D eigenvalue weighted by Gasteiger charge is -2.32. The fourth-order valence-electron chi connectivity index (χ4n) is 1.50. The molecule has 0 spiro atoms. The highest BCUT2D eigenvalue weighted by atomic mass is 16.6. The van der Waals surface area contributed by atoms with Gasteiger partial charge < -0.3 is 15.0 Å². The number of nitrogens with one attached hydrogen (secondary N) is 1. The number of carbonyl (C=O) groups excluding carboxylic acids is 1. The Bertz CT molecular complexity index is 185. The van der Waals surface area contributed by atoms with Crippen LogP contribution in [0.3, 0.4) is 0 Å². The van der Waals surface area contributed by atoms with Crippen molar-refractivity contribution < 1.29 is 9.53 Å². The maximum atomic E-state index is 11.6. The Hall–Kier alpha value is -0.770. The van der Waals surface area contributed by atoms with Gasteiger partial charge in [-0.1, -0.05) is 13.3 Å². The summed E-state index contributed by atoms with van der Waals surface area (Å²) in [6.45, 7) is 7.16. The second-order valence-corrected chi connectivity index (χ2v) is 3.71. The first-order valence-corrected chi connectivity index (χ1v) is 5.39. The SMILES string of the molecule is CCCCOC(=O)N1CCNC[C@H]1C. The van der Waals surface area contributed by atoms with Crippen LogP contribution in [0.2, 0.25) is 0 Å². The molecule has 0 aromatic heterocycles. The van der Waals surface area contributed by atoms with Gasteiger partial charge in [0, 0.05) is 25.7 Å². The molecular weight excluding hydrogens is 180 g/mol. The van der Waals surface area contributed by atoms with Crippen molar-refractivity contribution in [2.45, 2.75) is 32.7 Å². The Morgan fingerprint density at radius 3 is 3.07 bits per heavy atom. The van der Waals surface area contributed by atoms with Crippen molar-refractivity contribution in [2.24, 2.45) is 0 Å². The molecule has 1 rings (SSSR count). The fraction of sp³-hybridized carbons (Fsp3) is 0.900. The van der Waals surface area contributed by atoms with Crippen molar-refractivity contribution in [1.29, 1.82) is 0 Å². The van der Waals surface area contributed by atoms with Gasteiger partial charge in [0.1, 0.15) is 0 Å². The van der Waals surface area contributed by atoms with Gasteiger partial charge in [0.25, 0.3) is 0 Å². The molecule has 0 aromatic carbocycles. The minimum absolute atomic E-state index is 0.160. The van der Waals surface area contributed by atoms with E-state index in [1.54, 1.807) is 4.90 Å². The number of rotatable bonds is 3. The van der Waals surface area contributed by atoms with Crippen LogP contribution >= 0.6 is 0 Å². The highest BCUT2D eigenvalue weighted by Crippen LogP contribution is 2.05. The van der Waals surface area contributed by atoms with Gasteiger partial charge in [-0.05, 0) is 13.3 Å². The van der Waals surface area contributed by atoms with E-state index in [0.717, 1.165) is 32.5 Å². The number of unbranched alkanes of at least 4 members (excludes halogenated alkanes) is 1. The molecule has 0 aliphatic carbocycles. The van der Waals surface area contributed by atoms with Gasteiger partial charge in [0.2, 0.25) is 0 Å². The number of nitrogens with zero attached hydrogens (tertiary/aromatic N) is 1. The summed E-state index contributed by atoms with van der Waals surface area (Å²) in [6.07, 6.45) is 1.85. The molecule has 1 heterocycles. The predicted molar refractivity (Wildman–Crippen MR) is 55.3 cm³/mol. The van der Waals surface area contributed by atoms with E-state index in [-0.39, 0.29) is 12.1 Å². The Kier molecular flexibility index (Phi) is 4.73. The van der Waals surface area contributed by atoms with E-state index in [1.165, 1.54) is 0 Å². The van der Waals surface area contributed by atoms with Gasteiger partial charge in [-0.15, -0.1) is 0 Å². The van der Waals surface area contributed by atoms with Gasteiger partial charge in [-0.2, -0.15) is 0 Å². The maximum Gasteiger partial charge on any atom is 0.410 e. The van der Waals surface area contributed by atoms with E-state index in [2.05, 4.69) is 12.2 Å².